The van der Waals surface area contributed by atoms with Crippen LogP contribution in [0.2, 0.25) is 0 Å². The van der Waals surface area contributed by atoms with E-state index in [0.717, 1.165) is 28.3 Å². The summed E-state index contributed by atoms with van der Waals surface area (Å²) in [6.07, 6.45) is 4.64. The number of anilines is 1. The first-order chi connectivity index (χ1) is 10.1. The number of fused-ring (bicyclic) bond motifs is 1. The number of nitrogens with two attached hydrogens (primary N) is 1. The first kappa shape index (κ1) is 14.0. The summed E-state index contributed by atoms with van der Waals surface area (Å²) in [6, 6.07) is 0. The summed E-state index contributed by atoms with van der Waals surface area (Å²) in [7, 11) is 0. The van der Waals surface area contributed by atoms with E-state index in [9.17, 15) is 0 Å². The number of nitrogen functional groups attached to an aromatic ring is 1. The molecule has 0 aliphatic carbocycles. The lowest BCUT2D eigenvalue weighted by Gasteiger charge is -2.08. The average molecular weight is 302 g/mol. The predicted molar refractivity (Wildman–Crippen MR) is 85.4 cm³/mol. The highest BCUT2D eigenvalue weighted by molar-refractivity contribution is 7.18. The van der Waals surface area contributed by atoms with E-state index >= 15 is 0 Å². The molecule has 0 atom stereocenters. The van der Waals surface area contributed by atoms with Crippen molar-refractivity contribution in [1.82, 2.24) is 19.5 Å². The Morgan fingerprint density at radius 2 is 2.14 bits per heavy atom. The summed E-state index contributed by atoms with van der Waals surface area (Å²) in [4.78, 5) is 15.8. The number of rotatable bonds is 4. The molecule has 0 bridgehead atoms. The molecule has 7 heteroatoms. The van der Waals surface area contributed by atoms with Crippen molar-refractivity contribution in [2.24, 2.45) is 5.84 Å². The predicted octanol–water partition coefficient (Wildman–Crippen LogP) is 2.40. The molecule has 3 rings (SSSR count). The largest absolute Gasteiger partial charge is 0.327 e. The van der Waals surface area contributed by atoms with Gasteiger partial charge in [0.05, 0.1) is 11.9 Å². The van der Waals surface area contributed by atoms with Crippen molar-refractivity contribution in [3.63, 3.8) is 0 Å². The lowest BCUT2D eigenvalue weighted by atomic mass is 10.2. The average Bonchev–Trinajstić information content (AvgIpc) is 3.03. The van der Waals surface area contributed by atoms with E-state index in [2.05, 4.69) is 45.7 Å². The van der Waals surface area contributed by atoms with Gasteiger partial charge in [-0.05, 0) is 19.4 Å². The monoisotopic (exact) mass is 302 g/mol. The van der Waals surface area contributed by atoms with Gasteiger partial charge >= 0.3 is 0 Å². The zero-order valence-corrected chi connectivity index (χ0v) is 13.2. The topological polar surface area (TPSA) is 81.7 Å². The summed E-state index contributed by atoms with van der Waals surface area (Å²) < 4.78 is 2.06. The molecular formula is C14H18N6S. The van der Waals surface area contributed by atoms with E-state index in [1.165, 1.54) is 10.4 Å². The van der Waals surface area contributed by atoms with Crippen molar-refractivity contribution in [2.75, 3.05) is 5.43 Å². The number of hydrogen-bond donors (Lipinski definition) is 2. The maximum Gasteiger partial charge on any atom is 0.152 e. The fraction of sp³-hybridized carbons (Fsp3) is 0.357. The van der Waals surface area contributed by atoms with Crippen LogP contribution in [0.5, 0.6) is 0 Å². The molecule has 0 aromatic carbocycles. The van der Waals surface area contributed by atoms with Gasteiger partial charge in [-0.3, -0.25) is 0 Å². The van der Waals surface area contributed by atoms with Crippen LogP contribution < -0.4 is 11.3 Å². The van der Waals surface area contributed by atoms with Gasteiger partial charge in [-0.25, -0.2) is 20.8 Å². The molecule has 0 aliphatic heterocycles. The molecule has 0 aliphatic rings. The van der Waals surface area contributed by atoms with Gasteiger partial charge in [-0.15, -0.1) is 11.3 Å². The van der Waals surface area contributed by atoms with Gasteiger partial charge in [-0.1, -0.05) is 6.92 Å². The third-order valence-corrected chi connectivity index (χ3v) is 4.74. The highest BCUT2D eigenvalue weighted by Crippen LogP contribution is 2.32. The first-order valence-electron chi connectivity index (χ1n) is 6.87. The number of imidazole rings is 1. The van der Waals surface area contributed by atoms with E-state index in [1.807, 2.05) is 6.20 Å². The third-order valence-electron chi connectivity index (χ3n) is 3.64. The molecular weight excluding hydrogens is 284 g/mol. The van der Waals surface area contributed by atoms with Crippen LogP contribution in [0.1, 0.15) is 29.0 Å². The Kier molecular flexibility index (Phi) is 3.60. The summed E-state index contributed by atoms with van der Waals surface area (Å²) >= 11 is 1.67. The summed E-state index contributed by atoms with van der Waals surface area (Å²) in [5.74, 6) is 8.09. The van der Waals surface area contributed by atoms with E-state index < -0.39 is 0 Å². The Morgan fingerprint density at radius 3 is 2.86 bits per heavy atom. The second-order valence-corrected chi connectivity index (χ2v) is 6.12. The number of aryl methyl sites for hydroxylation is 3. The maximum atomic E-state index is 5.64. The standard InChI is InChI=1S/C14H18N6S/c1-4-11-16-5-6-20(11)7-10-17-13(19-15)12-8(2)9(3)21-14(12)18-10/h5-6H,4,7,15H2,1-3H3,(H,17,18,19). The molecule has 6 nitrogen and oxygen atoms in total. The Morgan fingerprint density at radius 1 is 1.33 bits per heavy atom. The Hall–Kier alpha value is -1.99. The van der Waals surface area contributed by atoms with Crippen LogP contribution in [0.15, 0.2) is 12.4 Å². The van der Waals surface area contributed by atoms with Crippen LogP contribution in [0.3, 0.4) is 0 Å². The van der Waals surface area contributed by atoms with Crippen LogP contribution in [0.25, 0.3) is 10.2 Å². The Balaban J connectivity index is 2.08. The first-order valence-corrected chi connectivity index (χ1v) is 7.69. The van der Waals surface area contributed by atoms with E-state index in [0.29, 0.717) is 12.4 Å². The molecule has 3 aromatic rings. The van der Waals surface area contributed by atoms with Gasteiger partial charge in [0.2, 0.25) is 0 Å². The van der Waals surface area contributed by atoms with Gasteiger partial charge in [-0.2, -0.15) is 0 Å². The van der Waals surface area contributed by atoms with Crippen molar-refractivity contribution in [2.45, 2.75) is 33.7 Å². The van der Waals surface area contributed by atoms with E-state index in [1.54, 1.807) is 17.5 Å². The van der Waals surface area contributed by atoms with E-state index in [-0.39, 0.29) is 0 Å². The van der Waals surface area contributed by atoms with Gasteiger partial charge < -0.3 is 9.99 Å². The van der Waals surface area contributed by atoms with Gasteiger partial charge in [0.15, 0.2) is 11.6 Å². The van der Waals surface area contributed by atoms with Crippen molar-refractivity contribution >= 4 is 27.4 Å². The number of nitrogens with one attached hydrogen (secondary N) is 1. The van der Waals surface area contributed by atoms with Crippen LogP contribution in [0, 0.1) is 13.8 Å². The molecule has 0 amide bonds. The molecule has 0 spiro atoms. The van der Waals surface area contributed by atoms with Crippen LogP contribution in [0.4, 0.5) is 5.82 Å². The Labute approximate surface area is 127 Å². The Bertz CT molecular complexity index is 788. The molecule has 0 unspecified atom stereocenters. The minimum atomic E-state index is 0.601. The molecule has 3 N–H and O–H groups in total. The molecule has 21 heavy (non-hydrogen) atoms. The molecule has 110 valence electrons. The van der Waals surface area contributed by atoms with Gasteiger partial charge in [0, 0.05) is 23.7 Å². The highest BCUT2D eigenvalue weighted by Gasteiger charge is 2.14. The van der Waals surface area contributed by atoms with Crippen molar-refractivity contribution in [3.8, 4) is 0 Å². The van der Waals surface area contributed by atoms with Gasteiger partial charge in [0.1, 0.15) is 10.7 Å². The third kappa shape index (κ3) is 2.38. The van der Waals surface area contributed by atoms with Crippen LogP contribution in [-0.2, 0) is 13.0 Å². The van der Waals surface area contributed by atoms with Crippen molar-refractivity contribution in [3.05, 3.63) is 34.5 Å². The lowest BCUT2D eigenvalue weighted by Crippen LogP contribution is -2.13. The highest BCUT2D eigenvalue weighted by atomic mass is 32.1. The lowest BCUT2D eigenvalue weighted by molar-refractivity contribution is 0.701. The summed E-state index contributed by atoms with van der Waals surface area (Å²) in [5, 5.41) is 1.02. The number of hydrogen-bond acceptors (Lipinski definition) is 6. The number of nitrogens with zero attached hydrogens (tertiary/aromatic N) is 4. The second kappa shape index (κ2) is 5.42. The number of aromatic nitrogens is 4. The molecule has 0 fully saturated rings. The number of hydrazine groups is 1. The van der Waals surface area contributed by atoms with Crippen LogP contribution in [-0.4, -0.2) is 19.5 Å². The fourth-order valence-corrected chi connectivity index (χ4v) is 3.47. The molecule has 3 heterocycles. The van der Waals surface area contributed by atoms with E-state index in [4.69, 9.17) is 5.84 Å². The normalized spacial score (nSPS) is 11.2. The molecule has 0 saturated heterocycles. The minimum absolute atomic E-state index is 0.601. The second-order valence-electron chi connectivity index (χ2n) is 4.92. The summed E-state index contributed by atoms with van der Waals surface area (Å²) in [5.41, 5.74) is 3.89. The molecule has 3 aromatic heterocycles. The molecule has 0 radical (unpaired) electrons. The van der Waals surface area contributed by atoms with Crippen molar-refractivity contribution in [1.29, 1.82) is 0 Å². The fourth-order valence-electron chi connectivity index (χ4n) is 2.42. The zero-order chi connectivity index (χ0) is 15.0. The minimum Gasteiger partial charge on any atom is -0.327 e. The van der Waals surface area contributed by atoms with Crippen LogP contribution >= 0.6 is 11.3 Å². The molecule has 0 saturated carbocycles. The zero-order valence-electron chi connectivity index (χ0n) is 12.3. The SMILES string of the molecule is CCc1nccn1Cc1nc(NN)c2c(C)c(C)sc2n1. The maximum absolute atomic E-state index is 5.64. The van der Waals surface area contributed by atoms with Crippen molar-refractivity contribution < 1.29 is 0 Å². The summed E-state index contributed by atoms with van der Waals surface area (Å²) in [6.45, 7) is 6.85. The van der Waals surface area contributed by atoms with Gasteiger partial charge in [0.25, 0.3) is 0 Å². The smallest absolute Gasteiger partial charge is 0.152 e. The number of thiophene rings is 1. The quantitative estimate of drug-likeness (QED) is 0.571.